The van der Waals surface area contributed by atoms with Crippen molar-refractivity contribution in [1.29, 1.82) is 0 Å². The lowest BCUT2D eigenvalue weighted by molar-refractivity contribution is -0.151. The van der Waals surface area contributed by atoms with Crippen LogP contribution in [-0.4, -0.2) is 76.5 Å². The number of nitrogens with one attached hydrogen (secondary N) is 2. The van der Waals surface area contributed by atoms with Crippen LogP contribution in [0.2, 0.25) is 0 Å². The molecule has 2 aliphatic carbocycles. The second kappa shape index (κ2) is 18.6. The maximum Gasteiger partial charge on any atom is 0.320 e. The molecule has 2 aliphatic rings. The van der Waals surface area contributed by atoms with Crippen molar-refractivity contribution < 1.29 is 48.6 Å². The van der Waals surface area contributed by atoms with Crippen molar-refractivity contribution in [2.75, 3.05) is 13.1 Å². The number of carboxylic acids is 2. The van der Waals surface area contributed by atoms with Crippen molar-refractivity contribution >= 4 is 47.1 Å². The van der Waals surface area contributed by atoms with E-state index in [4.69, 9.17) is 22.3 Å². The maximum atomic E-state index is 12.3. The van der Waals surface area contributed by atoms with Crippen LogP contribution in [0, 0.1) is 16.7 Å². The molecule has 2 rings (SSSR count). The third kappa shape index (κ3) is 12.9. The number of carbonyl (C=O) groups is 8. The van der Waals surface area contributed by atoms with Crippen LogP contribution in [0.5, 0.6) is 0 Å². The van der Waals surface area contributed by atoms with E-state index in [0.717, 1.165) is 25.7 Å². The van der Waals surface area contributed by atoms with Gasteiger partial charge in [-0.3, -0.25) is 28.8 Å². The quantitative estimate of drug-likeness (QED) is 0.0953. The number of aliphatic carboxylic acids is 2. The van der Waals surface area contributed by atoms with Gasteiger partial charge in [0.25, 0.3) is 0 Å². The molecule has 2 fully saturated rings. The number of hydrogen-bond acceptors (Lipinski definition) is 9. The molecule has 15 heteroatoms. The molecular weight excluding hydrogens is 566 g/mol. The fourth-order valence-electron chi connectivity index (χ4n) is 4.79. The first kappa shape index (κ1) is 39.1. The first-order valence-electron chi connectivity index (χ1n) is 14.3. The van der Waals surface area contributed by atoms with Gasteiger partial charge >= 0.3 is 24.0 Å². The zero-order valence-electron chi connectivity index (χ0n) is 25.2. The Bertz CT molecular complexity index is 1020. The van der Waals surface area contributed by atoms with E-state index < -0.39 is 46.8 Å². The van der Waals surface area contributed by atoms with E-state index in [0.29, 0.717) is 38.6 Å². The molecule has 0 heterocycles. The largest absolute Gasteiger partial charge is 0.481 e. The van der Waals surface area contributed by atoms with Crippen LogP contribution in [0.3, 0.4) is 0 Å². The summed E-state index contributed by atoms with van der Waals surface area (Å²) < 4.78 is 0. The van der Waals surface area contributed by atoms with E-state index >= 15 is 0 Å². The van der Waals surface area contributed by atoms with Gasteiger partial charge in [-0.15, -0.1) is 0 Å². The molecule has 0 radical (unpaired) electrons. The van der Waals surface area contributed by atoms with Gasteiger partial charge in [0.1, 0.15) is 29.2 Å². The number of carbonyl (C=O) groups excluding carboxylic acids is 6. The van der Waals surface area contributed by atoms with Gasteiger partial charge in [-0.2, -0.15) is 0 Å². The Hall–Kier alpha value is -3.88. The van der Waals surface area contributed by atoms with E-state index in [1.54, 1.807) is 0 Å². The highest BCUT2D eigenvalue weighted by atomic mass is 16.4. The number of primary amides is 2. The predicted molar refractivity (Wildman–Crippen MR) is 155 cm³/mol. The fourth-order valence-corrected chi connectivity index (χ4v) is 4.79. The van der Waals surface area contributed by atoms with E-state index in [2.05, 4.69) is 10.6 Å². The van der Waals surface area contributed by atoms with Gasteiger partial charge in [0.2, 0.25) is 0 Å². The Morgan fingerprint density at radius 1 is 0.674 bits per heavy atom. The molecule has 0 unspecified atom stereocenters. The molecule has 2 saturated carbocycles. The summed E-state index contributed by atoms with van der Waals surface area (Å²) in [6.07, 6.45) is 5.83. The molecule has 0 aromatic heterocycles. The van der Waals surface area contributed by atoms with Crippen LogP contribution in [-0.2, 0) is 28.8 Å². The average Bonchev–Trinajstić information content (AvgIpc) is 2.81. The Balaban J connectivity index is 0.000000677. The van der Waals surface area contributed by atoms with E-state index in [9.17, 15) is 43.5 Å². The van der Waals surface area contributed by atoms with E-state index in [1.165, 1.54) is 20.8 Å². The van der Waals surface area contributed by atoms with E-state index in [1.807, 2.05) is 0 Å². The van der Waals surface area contributed by atoms with Gasteiger partial charge in [-0.1, -0.05) is 12.8 Å². The minimum atomic E-state index is -1.06. The third-order valence-corrected chi connectivity index (χ3v) is 8.09. The standard InChI is InChI=1S/C14H22N2O5.C8H12O2.C6H13N3O3/c1-9(17)14(5-3-6-14)11(18)8-10(12(19)20)4-2-7-16-13(15)21;1-6(9)8(7(2)10)4-3-5-8;7-4(5(10)11)2-1-3-9-6(8)12/h10H,2-8H2,1H3,(H,19,20)(H3,15,16,21);3-5H2,1-2H3;4H,1-3,7H2,(H,10,11)(H3,8,9,12)/t10-;;4-/m1.0/s1. The summed E-state index contributed by atoms with van der Waals surface area (Å²) in [6.45, 7) is 5.05. The minimum absolute atomic E-state index is 0.0475. The molecule has 0 bridgehead atoms. The maximum absolute atomic E-state index is 12.3. The lowest BCUT2D eigenvalue weighted by Crippen LogP contribution is -2.45. The van der Waals surface area contributed by atoms with Crippen LogP contribution in [0.25, 0.3) is 0 Å². The molecule has 10 N–H and O–H groups in total. The van der Waals surface area contributed by atoms with Crippen molar-refractivity contribution in [3.63, 3.8) is 0 Å². The zero-order valence-corrected chi connectivity index (χ0v) is 25.2. The van der Waals surface area contributed by atoms with Crippen molar-refractivity contribution in [3.8, 4) is 0 Å². The van der Waals surface area contributed by atoms with Crippen LogP contribution < -0.4 is 27.8 Å². The summed E-state index contributed by atoms with van der Waals surface area (Å²) in [5.74, 6) is -3.26. The van der Waals surface area contributed by atoms with Crippen molar-refractivity contribution in [1.82, 2.24) is 10.6 Å². The monoisotopic (exact) mass is 613 g/mol. The molecule has 4 amide bonds. The summed E-state index contributed by atoms with van der Waals surface area (Å²) in [4.78, 5) is 87.9. The van der Waals surface area contributed by atoms with Crippen LogP contribution >= 0.6 is 0 Å². The first-order valence-corrected chi connectivity index (χ1v) is 14.3. The van der Waals surface area contributed by atoms with Gasteiger partial charge in [-0.25, -0.2) is 9.59 Å². The van der Waals surface area contributed by atoms with Gasteiger partial charge in [0.05, 0.1) is 16.7 Å². The number of Topliss-reactive ketones (excluding diaryl/α,β-unsaturated/α-hetero) is 4. The zero-order chi connectivity index (χ0) is 33.4. The minimum Gasteiger partial charge on any atom is -0.481 e. The number of amides is 4. The van der Waals surface area contributed by atoms with Crippen LogP contribution in [0.15, 0.2) is 0 Å². The SMILES string of the molecule is CC(=O)C1(C(=O)C[C@@H](CCCNC(N)=O)C(=O)O)CCC1.CC(=O)C1(C(C)=O)CCC1.NC(=O)NCCC[C@H](N)C(=O)O. The van der Waals surface area contributed by atoms with Gasteiger partial charge in [-0.05, 0) is 72.1 Å². The number of ketones is 4. The summed E-state index contributed by atoms with van der Waals surface area (Å²) in [5, 5.41) is 22.2. The number of rotatable bonds is 16. The summed E-state index contributed by atoms with van der Waals surface area (Å²) in [7, 11) is 0. The van der Waals surface area contributed by atoms with E-state index in [-0.39, 0.29) is 42.5 Å². The van der Waals surface area contributed by atoms with Gasteiger partial charge in [0, 0.05) is 19.5 Å². The Morgan fingerprint density at radius 2 is 1.07 bits per heavy atom. The van der Waals surface area contributed by atoms with Gasteiger partial charge in [0.15, 0.2) is 0 Å². The number of urea groups is 2. The number of carboxylic acid groups (broad SMARTS) is 2. The van der Waals surface area contributed by atoms with Crippen molar-refractivity contribution in [2.24, 2.45) is 33.9 Å². The smallest absolute Gasteiger partial charge is 0.320 e. The molecule has 244 valence electrons. The number of hydrogen-bond donors (Lipinski definition) is 7. The van der Waals surface area contributed by atoms with Crippen molar-refractivity contribution in [3.05, 3.63) is 0 Å². The molecule has 0 aliphatic heterocycles. The molecule has 0 aromatic rings. The molecule has 43 heavy (non-hydrogen) atoms. The van der Waals surface area contributed by atoms with Crippen LogP contribution in [0.4, 0.5) is 9.59 Å². The van der Waals surface area contributed by atoms with Gasteiger partial charge < -0.3 is 38.0 Å². The molecule has 0 aromatic carbocycles. The van der Waals surface area contributed by atoms with Crippen molar-refractivity contribution in [2.45, 2.75) is 97.4 Å². The highest BCUT2D eigenvalue weighted by molar-refractivity contribution is 6.07. The predicted octanol–water partition coefficient (Wildman–Crippen LogP) is 1.04. The first-order chi connectivity index (χ1) is 19.9. The Morgan fingerprint density at radius 3 is 1.33 bits per heavy atom. The Labute approximate surface area is 251 Å². The lowest BCUT2D eigenvalue weighted by Gasteiger charge is -2.38. The lowest BCUT2D eigenvalue weighted by atomic mass is 9.62. The summed E-state index contributed by atoms with van der Waals surface area (Å²) in [6, 6.07) is -2.14. The second-order valence-electron chi connectivity index (χ2n) is 11.0. The Kier molecular flexibility index (Phi) is 16.9. The number of nitrogens with two attached hydrogens (primary N) is 3. The highest BCUT2D eigenvalue weighted by Gasteiger charge is 2.48. The summed E-state index contributed by atoms with van der Waals surface area (Å²) in [5.41, 5.74) is 13.4. The fraction of sp³-hybridized carbons (Fsp3) is 0.714. The van der Waals surface area contributed by atoms with Crippen LogP contribution in [0.1, 0.15) is 91.4 Å². The molecular formula is C28H47N5O10. The topological polar surface area (TPSA) is 279 Å². The third-order valence-electron chi connectivity index (χ3n) is 8.09. The molecule has 0 spiro atoms. The second-order valence-corrected chi connectivity index (χ2v) is 11.0. The molecule has 0 saturated heterocycles. The normalized spacial score (nSPS) is 16.8. The molecule has 15 nitrogen and oxygen atoms in total. The average molecular weight is 614 g/mol. The molecule has 2 atom stereocenters. The summed E-state index contributed by atoms with van der Waals surface area (Å²) >= 11 is 0. The highest BCUT2D eigenvalue weighted by Crippen LogP contribution is 2.44.